The van der Waals surface area contributed by atoms with E-state index in [0.29, 0.717) is 17.5 Å². The molecule has 7 heteroatoms. The smallest absolute Gasteiger partial charge is 0.258 e. The van der Waals surface area contributed by atoms with Crippen LogP contribution in [0.4, 0.5) is 17.6 Å². The van der Waals surface area contributed by atoms with Crippen LogP contribution in [0, 0.1) is 0 Å². The molecule has 7 nitrogen and oxygen atoms in total. The summed E-state index contributed by atoms with van der Waals surface area (Å²) in [6.07, 6.45) is 4.62. The number of anilines is 3. The van der Waals surface area contributed by atoms with E-state index in [1.54, 1.807) is 0 Å². The van der Waals surface area contributed by atoms with Gasteiger partial charge in [-0.15, -0.1) is 5.10 Å². The van der Waals surface area contributed by atoms with Crippen LogP contribution in [0.2, 0.25) is 0 Å². The Bertz CT molecular complexity index is 1020. The van der Waals surface area contributed by atoms with Crippen molar-refractivity contribution in [1.29, 1.82) is 0 Å². The molecule has 1 fully saturated rings. The summed E-state index contributed by atoms with van der Waals surface area (Å²) >= 11 is 0. The van der Waals surface area contributed by atoms with E-state index >= 15 is 0 Å². The normalized spacial score (nSPS) is 16.3. The minimum atomic E-state index is -0.188. The molecule has 1 aromatic heterocycles. The van der Waals surface area contributed by atoms with Crippen molar-refractivity contribution in [3.63, 3.8) is 0 Å². The molecule has 2 N–H and O–H groups in total. The van der Waals surface area contributed by atoms with Crippen LogP contribution in [0.15, 0.2) is 48.5 Å². The SMILES string of the molecule is O=C(Nc1nc(N2CCCCC2)n[nH]1)c1ccc(N2CCc3ccccc3C2)cc1. The molecule has 2 aromatic carbocycles. The van der Waals surface area contributed by atoms with Gasteiger partial charge in [-0.3, -0.25) is 10.1 Å². The van der Waals surface area contributed by atoms with Crippen molar-refractivity contribution in [2.24, 2.45) is 0 Å². The van der Waals surface area contributed by atoms with Gasteiger partial charge in [-0.1, -0.05) is 24.3 Å². The molecule has 5 rings (SSSR count). The number of piperidine rings is 1. The van der Waals surface area contributed by atoms with Gasteiger partial charge < -0.3 is 9.80 Å². The molecule has 0 bridgehead atoms. The number of carbonyl (C=O) groups excluding carboxylic acids is 1. The molecular weight excluding hydrogens is 376 g/mol. The summed E-state index contributed by atoms with van der Waals surface area (Å²) in [4.78, 5) is 21.6. The van der Waals surface area contributed by atoms with E-state index in [0.717, 1.165) is 51.1 Å². The Morgan fingerprint density at radius 1 is 0.900 bits per heavy atom. The largest absolute Gasteiger partial charge is 0.367 e. The fourth-order valence-electron chi connectivity index (χ4n) is 4.26. The molecule has 0 unspecified atom stereocenters. The fraction of sp³-hybridized carbons (Fsp3) is 0.348. The zero-order valence-corrected chi connectivity index (χ0v) is 17.0. The number of hydrogen-bond donors (Lipinski definition) is 2. The molecule has 0 spiro atoms. The van der Waals surface area contributed by atoms with Gasteiger partial charge in [-0.25, -0.2) is 5.10 Å². The molecule has 2 aliphatic heterocycles. The third-order valence-electron chi connectivity index (χ3n) is 5.97. The number of nitrogens with one attached hydrogen (secondary N) is 2. The fourth-order valence-corrected chi connectivity index (χ4v) is 4.26. The highest BCUT2D eigenvalue weighted by atomic mass is 16.1. The standard InChI is InChI=1S/C23H26N6O/c30-21(24-22-25-23(27-26-22)28-13-4-1-5-14-28)18-8-10-20(11-9-18)29-15-12-17-6-2-3-7-19(17)16-29/h2-3,6-11H,1,4-5,12-16H2,(H2,24,25,26,27,30). The maximum atomic E-state index is 12.6. The minimum Gasteiger partial charge on any atom is -0.367 e. The summed E-state index contributed by atoms with van der Waals surface area (Å²) in [6.45, 7) is 3.82. The third kappa shape index (κ3) is 3.87. The van der Waals surface area contributed by atoms with Crippen molar-refractivity contribution < 1.29 is 4.79 Å². The van der Waals surface area contributed by atoms with Crippen LogP contribution in [0.25, 0.3) is 0 Å². The van der Waals surface area contributed by atoms with E-state index in [1.807, 2.05) is 24.3 Å². The molecule has 3 heterocycles. The Labute approximate surface area is 176 Å². The maximum absolute atomic E-state index is 12.6. The number of hydrogen-bond acceptors (Lipinski definition) is 5. The van der Waals surface area contributed by atoms with Crippen LogP contribution < -0.4 is 15.1 Å². The lowest BCUT2D eigenvalue weighted by molar-refractivity contribution is 0.102. The summed E-state index contributed by atoms with van der Waals surface area (Å²) < 4.78 is 0. The van der Waals surface area contributed by atoms with Crippen molar-refractivity contribution >= 4 is 23.5 Å². The summed E-state index contributed by atoms with van der Waals surface area (Å²) in [6, 6.07) is 16.4. The molecule has 154 valence electrons. The van der Waals surface area contributed by atoms with E-state index in [-0.39, 0.29) is 5.91 Å². The van der Waals surface area contributed by atoms with Gasteiger partial charge in [0.2, 0.25) is 11.9 Å². The number of amides is 1. The lowest BCUT2D eigenvalue weighted by atomic mass is 9.99. The Hall–Kier alpha value is -3.35. The molecular formula is C23H26N6O. The van der Waals surface area contributed by atoms with E-state index in [2.05, 4.69) is 54.6 Å². The van der Waals surface area contributed by atoms with Crippen molar-refractivity contribution in [1.82, 2.24) is 15.2 Å². The van der Waals surface area contributed by atoms with Crippen LogP contribution in [0.1, 0.15) is 40.7 Å². The van der Waals surface area contributed by atoms with Crippen LogP contribution >= 0.6 is 0 Å². The molecule has 1 saturated heterocycles. The molecule has 0 radical (unpaired) electrons. The first kappa shape index (κ1) is 18.7. The average Bonchev–Trinajstić information content (AvgIpc) is 3.28. The van der Waals surface area contributed by atoms with E-state index in [4.69, 9.17) is 0 Å². The van der Waals surface area contributed by atoms with Crippen molar-refractivity contribution in [2.75, 3.05) is 34.8 Å². The van der Waals surface area contributed by atoms with E-state index < -0.39 is 0 Å². The number of nitrogens with zero attached hydrogens (tertiary/aromatic N) is 4. The van der Waals surface area contributed by atoms with E-state index in [1.165, 1.54) is 17.5 Å². The number of carbonyl (C=O) groups is 1. The topological polar surface area (TPSA) is 77.1 Å². The van der Waals surface area contributed by atoms with Gasteiger partial charge in [-0.05, 0) is 61.1 Å². The number of aromatic amines is 1. The second kappa shape index (κ2) is 8.18. The summed E-state index contributed by atoms with van der Waals surface area (Å²) in [5.41, 5.74) is 4.54. The highest BCUT2D eigenvalue weighted by Crippen LogP contribution is 2.25. The van der Waals surface area contributed by atoms with Crippen molar-refractivity contribution in [3.05, 3.63) is 65.2 Å². The number of fused-ring (bicyclic) bond motifs is 1. The minimum absolute atomic E-state index is 0.188. The quantitative estimate of drug-likeness (QED) is 0.697. The van der Waals surface area contributed by atoms with E-state index in [9.17, 15) is 4.79 Å². The van der Waals surface area contributed by atoms with Gasteiger partial charge in [0.25, 0.3) is 5.91 Å². The summed E-state index contributed by atoms with van der Waals surface area (Å²) in [7, 11) is 0. The Morgan fingerprint density at radius 2 is 1.67 bits per heavy atom. The highest BCUT2D eigenvalue weighted by Gasteiger charge is 2.18. The van der Waals surface area contributed by atoms with Crippen molar-refractivity contribution in [2.45, 2.75) is 32.2 Å². The predicted octanol–water partition coefficient (Wildman–Crippen LogP) is 3.61. The Balaban J connectivity index is 1.22. The van der Waals surface area contributed by atoms with Crippen LogP contribution in [0.3, 0.4) is 0 Å². The first-order chi connectivity index (χ1) is 14.8. The molecule has 0 atom stereocenters. The number of aromatic nitrogens is 3. The van der Waals surface area contributed by atoms with Gasteiger partial charge in [0.15, 0.2) is 0 Å². The van der Waals surface area contributed by atoms with Gasteiger partial charge in [0.05, 0.1) is 0 Å². The first-order valence-electron chi connectivity index (χ1n) is 10.7. The van der Waals surface area contributed by atoms with Gasteiger partial charge >= 0.3 is 0 Å². The maximum Gasteiger partial charge on any atom is 0.258 e. The lowest BCUT2D eigenvalue weighted by Crippen LogP contribution is -2.30. The third-order valence-corrected chi connectivity index (χ3v) is 5.97. The zero-order chi connectivity index (χ0) is 20.3. The second-order valence-electron chi connectivity index (χ2n) is 7.97. The van der Waals surface area contributed by atoms with Gasteiger partial charge in [0, 0.05) is 37.4 Å². The average molecular weight is 403 g/mol. The molecule has 0 aliphatic carbocycles. The second-order valence-corrected chi connectivity index (χ2v) is 7.97. The molecule has 30 heavy (non-hydrogen) atoms. The summed E-state index contributed by atoms with van der Waals surface area (Å²) in [5, 5.41) is 9.90. The summed E-state index contributed by atoms with van der Waals surface area (Å²) in [5.74, 6) is 0.856. The molecule has 3 aromatic rings. The predicted molar refractivity (Wildman–Crippen MR) is 118 cm³/mol. The highest BCUT2D eigenvalue weighted by molar-refractivity contribution is 6.03. The van der Waals surface area contributed by atoms with Gasteiger partial charge in [-0.2, -0.15) is 4.98 Å². The van der Waals surface area contributed by atoms with Crippen LogP contribution in [-0.2, 0) is 13.0 Å². The van der Waals surface area contributed by atoms with Crippen LogP contribution in [-0.4, -0.2) is 40.7 Å². The number of H-pyrrole nitrogens is 1. The number of rotatable bonds is 4. The molecule has 2 aliphatic rings. The number of benzene rings is 2. The van der Waals surface area contributed by atoms with Crippen LogP contribution in [0.5, 0.6) is 0 Å². The Kier molecular flexibility index (Phi) is 5.09. The molecule has 0 saturated carbocycles. The monoisotopic (exact) mass is 402 g/mol. The lowest BCUT2D eigenvalue weighted by Gasteiger charge is -2.30. The zero-order valence-electron chi connectivity index (χ0n) is 17.0. The van der Waals surface area contributed by atoms with Crippen molar-refractivity contribution in [3.8, 4) is 0 Å². The molecule has 1 amide bonds. The Morgan fingerprint density at radius 3 is 2.47 bits per heavy atom. The first-order valence-corrected chi connectivity index (χ1v) is 10.7. The van der Waals surface area contributed by atoms with Gasteiger partial charge in [0.1, 0.15) is 0 Å².